The molecule has 0 saturated carbocycles. The third-order valence-corrected chi connectivity index (χ3v) is 6.41. The minimum absolute atomic E-state index is 0.186. The van der Waals surface area contributed by atoms with E-state index in [2.05, 4.69) is 21.2 Å². The molecular formula is C29H31N5O3. The molecule has 8 heteroatoms. The van der Waals surface area contributed by atoms with E-state index < -0.39 is 5.91 Å². The van der Waals surface area contributed by atoms with Crippen molar-refractivity contribution in [3.63, 3.8) is 0 Å². The molecule has 0 radical (unpaired) electrons. The molecule has 3 aromatic carbocycles. The Morgan fingerprint density at radius 1 is 0.946 bits per heavy atom. The number of rotatable bonds is 10. The number of anilines is 2. The van der Waals surface area contributed by atoms with Crippen LogP contribution in [0.1, 0.15) is 34.3 Å². The Morgan fingerprint density at radius 2 is 1.68 bits per heavy atom. The summed E-state index contributed by atoms with van der Waals surface area (Å²) in [6.45, 7) is 4.72. The lowest BCUT2D eigenvalue weighted by Gasteiger charge is -2.36. The monoisotopic (exact) mass is 497 g/mol. The van der Waals surface area contributed by atoms with Crippen LogP contribution in [0, 0.1) is 11.3 Å². The van der Waals surface area contributed by atoms with Crippen LogP contribution in [0.3, 0.4) is 0 Å². The molecule has 37 heavy (non-hydrogen) atoms. The van der Waals surface area contributed by atoms with Crippen LogP contribution >= 0.6 is 0 Å². The first-order valence-electron chi connectivity index (χ1n) is 12.4. The van der Waals surface area contributed by atoms with Gasteiger partial charge in [-0.1, -0.05) is 36.4 Å². The van der Waals surface area contributed by atoms with Crippen LogP contribution in [0.25, 0.3) is 0 Å². The Kier molecular flexibility index (Phi) is 8.74. The lowest BCUT2D eigenvalue weighted by Crippen LogP contribution is -2.46. The van der Waals surface area contributed by atoms with Gasteiger partial charge >= 0.3 is 0 Å². The number of nitrogens with two attached hydrogens (primary N) is 1. The van der Waals surface area contributed by atoms with Crippen molar-refractivity contribution >= 4 is 23.2 Å². The number of nitriles is 1. The van der Waals surface area contributed by atoms with Crippen LogP contribution < -0.4 is 20.7 Å². The van der Waals surface area contributed by atoms with Crippen molar-refractivity contribution in [2.45, 2.75) is 19.4 Å². The Labute approximate surface area is 217 Å². The summed E-state index contributed by atoms with van der Waals surface area (Å²) < 4.78 is 5.92. The second-order valence-electron chi connectivity index (χ2n) is 8.96. The minimum atomic E-state index is -0.624. The second kappa shape index (κ2) is 12.6. The molecule has 0 aromatic heterocycles. The highest BCUT2D eigenvalue weighted by Gasteiger charge is 2.19. The quantitative estimate of drug-likeness (QED) is 0.441. The second-order valence-corrected chi connectivity index (χ2v) is 8.96. The zero-order valence-corrected chi connectivity index (χ0v) is 20.7. The predicted molar refractivity (Wildman–Crippen MR) is 143 cm³/mol. The molecule has 0 bridgehead atoms. The maximum absolute atomic E-state index is 12.8. The van der Waals surface area contributed by atoms with Gasteiger partial charge in [0.25, 0.3) is 5.91 Å². The highest BCUT2D eigenvalue weighted by molar-refractivity contribution is 6.04. The molecule has 0 spiro atoms. The first-order chi connectivity index (χ1) is 18.0. The van der Waals surface area contributed by atoms with Crippen LogP contribution in [0.2, 0.25) is 0 Å². The van der Waals surface area contributed by atoms with E-state index in [1.807, 2.05) is 54.6 Å². The van der Waals surface area contributed by atoms with E-state index in [0.29, 0.717) is 36.4 Å². The molecule has 1 aliphatic rings. The molecule has 2 amide bonds. The van der Waals surface area contributed by atoms with Crippen molar-refractivity contribution in [3.8, 4) is 11.8 Å². The van der Waals surface area contributed by atoms with Gasteiger partial charge in [0.15, 0.2) is 0 Å². The third-order valence-electron chi connectivity index (χ3n) is 6.41. The summed E-state index contributed by atoms with van der Waals surface area (Å²) in [6, 6.07) is 24.5. The smallest absolute Gasteiger partial charge is 0.250 e. The summed E-state index contributed by atoms with van der Waals surface area (Å²) in [4.78, 5) is 29.4. The van der Waals surface area contributed by atoms with Gasteiger partial charge in [0.1, 0.15) is 12.4 Å². The number of nitrogens with zero attached hydrogens (tertiary/aromatic N) is 3. The number of amides is 2. The average molecular weight is 498 g/mol. The van der Waals surface area contributed by atoms with Crippen molar-refractivity contribution in [1.29, 1.82) is 5.26 Å². The lowest BCUT2D eigenvalue weighted by molar-refractivity contribution is -0.116. The van der Waals surface area contributed by atoms with E-state index in [-0.39, 0.29) is 11.5 Å². The molecule has 8 nitrogen and oxygen atoms in total. The molecule has 0 aliphatic carbocycles. The van der Waals surface area contributed by atoms with Crippen LogP contribution in [0.15, 0.2) is 72.8 Å². The number of primary amides is 1. The Balaban J connectivity index is 1.27. The summed E-state index contributed by atoms with van der Waals surface area (Å²) in [5, 5.41) is 11.8. The van der Waals surface area contributed by atoms with E-state index >= 15 is 0 Å². The summed E-state index contributed by atoms with van der Waals surface area (Å²) in [7, 11) is 0. The Morgan fingerprint density at radius 3 is 2.35 bits per heavy atom. The molecule has 190 valence electrons. The third kappa shape index (κ3) is 7.09. The Hall–Kier alpha value is -4.35. The van der Waals surface area contributed by atoms with Crippen molar-refractivity contribution in [3.05, 3.63) is 89.5 Å². The van der Waals surface area contributed by atoms with E-state index in [1.54, 1.807) is 18.2 Å². The normalized spacial score (nSPS) is 13.5. The van der Waals surface area contributed by atoms with Crippen molar-refractivity contribution < 1.29 is 14.3 Å². The molecule has 4 rings (SSSR count). The summed E-state index contributed by atoms with van der Waals surface area (Å²) >= 11 is 0. The average Bonchev–Trinajstić information content (AvgIpc) is 2.93. The zero-order chi connectivity index (χ0) is 26.0. The summed E-state index contributed by atoms with van der Waals surface area (Å²) in [5.41, 5.74) is 8.85. The van der Waals surface area contributed by atoms with Gasteiger partial charge in [-0.3, -0.25) is 14.5 Å². The lowest BCUT2D eigenvalue weighted by atomic mass is 10.1. The largest absolute Gasteiger partial charge is 0.487 e. The van der Waals surface area contributed by atoms with Crippen molar-refractivity contribution in [1.82, 2.24) is 4.90 Å². The van der Waals surface area contributed by atoms with E-state index in [0.717, 1.165) is 44.0 Å². The van der Waals surface area contributed by atoms with Crippen molar-refractivity contribution in [2.75, 3.05) is 42.9 Å². The number of nitrogens with one attached hydrogen (secondary N) is 1. The standard InChI is InChI=1S/C29H31N5O3/c30-20-22-11-13-24(14-12-22)34-18-16-33(17-19-34)15-5-10-27(35)32-28-25(29(31)36)8-4-9-26(28)37-21-23-6-2-1-3-7-23/h1-4,6-9,11-14H,5,10,15-19,21H2,(H2,31,36)(H,32,35). The van der Waals surface area contributed by atoms with Gasteiger partial charge < -0.3 is 20.7 Å². The predicted octanol–water partition coefficient (Wildman–Crippen LogP) is 3.78. The number of carbonyl (C=O) groups is 2. The molecule has 1 saturated heterocycles. The number of hydrogen-bond donors (Lipinski definition) is 2. The van der Waals surface area contributed by atoms with Gasteiger partial charge in [-0.25, -0.2) is 0 Å². The number of benzene rings is 3. The number of hydrogen-bond acceptors (Lipinski definition) is 6. The molecule has 0 atom stereocenters. The van der Waals surface area contributed by atoms with Crippen LogP contribution in [-0.4, -0.2) is 49.4 Å². The molecule has 1 aliphatic heterocycles. The van der Waals surface area contributed by atoms with Gasteiger partial charge in [-0.2, -0.15) is 5.26 Å². The maximum Gasteiger partial charge on any atom is 0.250 e. The number of piperazine rings is 1. The van der Waals surface area contributed by atoms with Crippen LogP contribution in [-0.2, 0) is 11.4 Å². The van der Waals surface area contributed by atoms with Gasteiger partial charge in [-0.15, -0.1) is 0 Å². The fourth-order valence-corrected chi connectivity index (χ4v) is 4.36. The molecule has 3 aromatic rings. The van der Waals surface area contributed by atoms with E-state index in [4.69, 9.17) is 15.7 Å². The SMILES string of the molecule is N#Cc1ccc(N2CCN(CCCC(=O)Nc3c(OCc4ccccc4)cccc3C(N)=O)CC2)cc1. The number of ether oxygens (including phenoxy) is 1. The summed E-state index contributed by atoms with van der Waals surface area (Å²) in [5.74, 6) is -0.400. The van der Waals surface area contributed by atoms with Crippen LogP contribution in [0.5, 0.6) is 5.75 Å². The Bertz CT molecular complexity index is 1250. The van der Waals surface area contributed by atoms with E-state index in [1.165, 1.54) is 0 Å². The molecule has 1 fully saturated rings. The topological polar surface area (TPSA) is 112 Å². The highest BCUT2D eigenvalue weighted by atomic mass is 16.5. The van der Waals surface area contributed by atoms with Gasteiger partial charge in [0.2, 0.25) is 5.91 Å². The fraction of sp³-hybridized carbons (Fsp3) is 0.276. The van der Waals surface area contributed by atoms with E-state index in [9.17, 15) is 9.59 Å². The first kappa shape index (κ1) is 25.7. The molecule has 0 unspecified atom stereocenters. The number of para-hydroxylation sites is 1. The van der Waals surface area contributed by atoms with Gasteiger partial charge in [-0.05, 0) is 54.9 Å². The number of carbonyl (C=O) groups excluding carboxylic acids is 2. The minimum Gasteiger partial charge on any atom is -0.487 e. The molecular weight excluding hydrogens is 466 g/mol. The fourth-order valence-electron chi connectivity index (χ4n) is 4.36. The van der Waals surface area contributed by atoms with Crippen molar-refractivity contribution in [2.24, 2.45) is 5.73 Å². The first-order valence-corrected chi connectivity index (χ1v) is 12.4. The van der Waals surface area contributed by atoms with Crippen LogP contribution in [0.4, 0.5) is 11.4 Å². The zero-order valence-electron chi connectivity index (χ0n) is 20.7. The van der Waals surface area contributed by atoms with Gasteiger partial charge in [0, 0.05) is 38.3 Å². The summed E-state index contributed by atoms with van der Waals surface area (Å²) in [6.07, 6.45) is 1.02. The highest BCUT2D eigenvalue weighted by Crippen LogP contribution is 2.29. The maximum atomic E-state index is 12.8. The molecule has 3 N–H and O–H groups in total. The molecule has 1 heterocycles. The van der Waals surface area contributed by atoms with Gasteiger partial charge in [0.05, 0.1) is 22.9 Å².